The van der Waals surface area contributed by atoms with E-state index < -0.39 is 22.5 Å². The van der Waals surface area contributed by atoms with E-state index in [0.717, 1.165) is 5.56 Å². The van der Waals surface area contributed by atoms with E-state index in [2.05, 4.69) is 0 Å². The van der Waals surface area contributed by atoms with Crippen molar-refractivity contribution in [3.63, 3.8) is 0 Å². The third-order valence-corrected chi connectivity index (χ3v) is 4.42. The van der Waals surface area contributed by atoms with E-state index in [1.807, 2.05) is 0 Å². The molecule has 130 valence electrons. The maximum absolute atomic E-state index is 12.0. The molecule has 0 spiro atoms. The number of carbonyl (C=O) groups is 2. The average Bonchev–Trinajstić information content (AvgIpc) is 2.55. The van der Waals surface area contributed by atoms with E-state index in [9.17, 15) is 19.7 Å². The predicted molar refractivity (Wildman–Crippen MR) is 84.9 cm³/mol. The Morgan fingerprint density at radius 2 is 2.08 bits per heavy atom. The normalized spacial score (nSPS) is 16.0. The first kappa shape index (κ1) is 18.1. The molecule has 0 atom stereocenters. The lowest BCUT2D eigenvalue weighted by Gasteiger charge is -2.29. The van der Waals surface area contributed by atoms with Crippen LogP contribution < -0.4 is 0 Å². The molecule has 0 aromatic heterocycles. The van der Waals surface area contributed by atoms with E-state index in [0.29, 0.717) is 10.6 Å². The van der Waals surface area contributed by atoms with Crippen LogP contribution in [0.1, 0.15) is 12.5 Å². The van der Waals surface area contributed by atoms with Gasteiger partial charge in [0.1, 0.15) is 25.2 Å². The second-order valence-corrected chi connectivity index (χ2v) is 6.74. The van der Waals surface area contributed by atoms with Crippen molar-refractivity contribution < 1.29 is 28.7 Å². The van der Waals surface area contributed by atoms with E-state index in [-0.39, 0.29) is 25.5 Å². The number of esters is 1. The fourth-order valence-electron chi connectivity index (χ4n) is 1.99. The minimum atomic E-state index is -1.03. The number of hydrogen-bond acceptors (Lipinski definition) is 8. The maximum Gasteiger partial charge on any atom is 0.508 e. The summed E-state index contributed by atoms with van der Waals surface area (Å²) in [6, 6.07) is 4.97. The number of nitro benzene ring substituents is 1. The zero-order valence-corrected chi connectivity index (χ0v) is 14.1. The van der Waals surface area contributed by atoms with Crippen molar-refractivity contribution in [2.45, 2.75) is 18.7 Å². The molecule has 8 nitrogen and oxygen atoms in total. The molecule has 0 bridgehead atoms. The number of benzene rings is 1. The number of nitrogens with zero attached hydrogens (tertiary/aromatic N) is 1. The van der Waals surface area contributed by atoms with Crippen molar-refractivity contribution >= 4 is 29.6 Å². The second kappa shape index (κ2) is 7.52. The van der Waals surface area contributed by atoms with Gasteiger partial charge in [-0.1, -0.05) is 6.07 Å². The van der Waals surface area contributed by atoms with Gasteiger partial charge >= 0.3 is 12.1 Å². The monoisotopic (exact) mass is 355 g/mol. The molecule has 1 aromatic carbocycles. The fraction of sp³-hybridized carbons (Fsp3) is 0.467. The highest BCUT2D eigenvalue weighted by Gasteiger charge is 2.41. The van der Waals surface area contributed by atoms with Crippen LogP contribution in [0.2, 0.25) is 0 Å². The fourth-order valence-corrected chi connectivity index (χ4v) is 2.82. The van der Waals surface area contributed by atoms with Gasteiger partial charge in [-0.15, -0.1) is 11.8 Å². The number of rotatable bonds is 6. The minimum absolute atomic E-state index is 0.0332. The standard InChI is InChI=1S/C15H17NO7S/c1-10-3-4-12(11(7-10)16(19)20)24-6-5-21-13(17)15(2)8-22-14(18)23-9-15/h3-4,7H,5-6,8-9H2,1-2H3. The lowest BCUT2D eigenvalue weighted by molar-refractivity contribution is -0.387. The number of carbonyl (C=O) groups excluding carboxylic acids is 2. The maximum atomic E-state index is 12.0. The third kappa shape index (κ3) is 4.38. The number of thioether (sulfide) groups is 1. The zero-order valence-electron chi connectivity index (χ0n) is 13.3. The first-order valence-corrected chi connectivity index (χ1v) is 8.15. The molecule has 1 aliphatic rings. The molecule has 2 rings (SSSR count). The van der Waals surface area contributed by atoms with Crippen LogP contribution in [0.5, 0.6) is 0 Å². The largest absolute Gasteiger partial charge is 0.508 e. The summed E-state index contributed by atoms with van der Waals surface area (Å²) >= 11 is 1.24. The molecular formula is C15H17NO7S. The van der Waals surface area contributed by atoms with E-state index in [1.165, 1.54) is 17.8 Å². The molecule has 0 amide bonds. The highest BCUT2D eigenvalue weighted by molar-refractivity contribution is 7.99. The molecular weight excluding hydrogens is 338 g/mol. The zero-order chi connectivity index (χ0) is 17.7. The van der Waals surface area contributed by atoms with Crippen LogP contribution in [0.15, 0.2) is 23.1 Å². The summed E-state index contributed by atoms with van der Waals surface area (Å²) in [5.74, 6) is -0.166. The first-order valence-electron chi connectivity index (χ1n) is 7.16. The van der Waals surface area contributed by atoms with Crippen LogP contribution in [0, 0.1) is 22.5 Å². The van der Waals surface area contributed by atoms with Crippen molar-refractivity contribution in [3.8, 4) is 0 Å². The Morgan fingerprint density at radius 1 is 1.42 bits per heavy atom. The summed E-state index contributed by atoms with van der Waals surface area (Å²) < 4.78 is 14.6. The van der Waals surface area contributed by atoms with Crippen LogP contribution in [0.25, 0.3) is 0 Å². The molecule has 0 unspecified atom stereocenters. The predicted octanol–water partition coefficient (Wildman–Crippen LogP) is 2.71. The Hall–Kier alpha value is -2.29. The lowest BCUT2D eigenvalue weighted by atomic mass is 9.93. The topological polar surface area (TPSA) is 105 Å². The van der Waals surface area contributed by atoms with Crippen molar-refractivity contribution in [1.29, 1.82) is 0 Å². The summed E-state index contributed by atoms with van der Waals surface area (Å²) in [5.41, 5.74) is -0.197. The summed E-state index contributed by atoms with van der Waals surface area (Å²) in [5, 5.41) is 11.0. The van der Waals surface area contributed by atoms with Gasteiger partial charge in [-0.2, -0.15) is 0 Å². The Bertz CT molecular complexity index is 651. The highest BCUT2D eigenvalue weighted by atomic mass is 32.2. The van der Waals surface area contributed by atoms with Crippen molar-refractivity contribution in [2.75, 3.05) is 25.6 Å². The Kier molecular flexibility index (Phi) is 5.66. The van der Waals surface area contributed by atoms with Crippen LogP contribution in [0.4, 0.5) is 10.5 Å². The molecule has 1 heterocycles. The van der Waals surface area contributed by atoms with Crippen LogP contribution in [0.3, 0.4) is 0 Å². The SMILES string of the molecule is Cc1ccc(SCCOC(=O)C2(C)COC(=O)OC2)c([N+](=O)[O-])c1. The number of aryl methyl sites for hydroxylation is 1. The van der Waals surface area contributed by atoms with Crippen molar-refractivity contribution in [1.82, 2.24) is 0 Å². The first-order chi connectivity index (χ1) is 11.3. The molecule has 24 heavy (non-hydrogen) atoms. The molecule has 1 aliphatic heterocycles. The average molecular weight is 355 g/mol. The minimum Gasteiger partial charge on any atom is -0.464 e. The van der Waals surface area contributed by atoms with Gasteiger partial charge in [0, 0.05) is 11.8 Å². The molecule has 0 saturated carbocycles. The number of cyclic esters (lactones) is 2. The van der Waals surface area contributed by atoms with Gasteiger partial charge in [0.25, 0.3) is 5.69 Å². The van der Waals surface area contributed by atoms with Gasteiger partial charge in [-0.05, 0) is 25.5 Å². The Morgan fingerprint density at radius 3 is 2.71 bits per heavy atom. The van der Waals surface area contributed by atoms with Gasteiger partial charge in [0.2, 0.25) is 0 Å². The van der Waals surface area contributed by atoms with Crippen molar-refractivity contribution in [2.24, 2.45) is 5.41 Å². The molecule has 0 radical (unpaired) electrons. The third-order valence-electron chi connectivity index (χ3n) is 3.40. The Balaban J connectivity index is 1.84. The van der Waals surface area contributed by atoms with E-state index in [1.54, 1.807) is 26.0 Å². The summed E-state index contributed by atoms with van der Waals surface area (Å²) in [6.45, 7) is 3.25. The Labute approximate surface area is 142 Å². The second-order valence-electron chi connectivity index (χ2n) is 5.60. The van der Waals surface area contributed by atoms with Crippen molar-refractivity contribution in [3.05, 3.63) is 33.9 Å². The van der Waals surface area contributed by atoms with Crippen LogP contribution >= 0.6 is 11.8 Å². The van der Waals surface area contributed by atoms with Gasteiger partial charge in [0.05, 0.1) is 9.82 Å². The highest BCUT2D eigenvalue weighted by Crippen LogP contribution is 2.30. The summed E-state index contributed by atoms with van der Waals surface area (Å²) in [6.07, 6.45) is -0.803. The number of nitro groups is 1. The quantitative estimate of drug-likeness (QED) is 0.252. The summed E-state index contributed by atoms with van der Waals surface area (Å²) in [4.78, 5) is 34.0. The van der Waals surface area contributed by atoms with Crippen LogP contribution in [-0.4, -0.2) is 42.6 Å². The number of hydrogen-bond donors (Lipinski definition) is 0. The molecule has 1 fully saturated rings. The van der Waals surface area contributed by atoms with E-state index >= 15 is 0 Å². The summed E-state index contributed by atoms with van der Waals surface area (Å²) in [7, 11) is 0. The molecule has 9 heteroatoms. The number of ether oxygens (including phenoxy) is 3. The molecule has 1 aromatic rings. The van der Waals surface area contributed by atoms with E-state index in [4.69, 9.17) is 14.2 Å². The van der Waals surface area contributed by atoms with Gasteiger partial charge in [-0.25, -0.2) is 4.79 Å². The van der Waals surface area contributed by atoms with Gasteiger partial charge in [0.15, 0.2) is 0 Å². The molecule has 0 aliphatic carbocycles. The lowest BCUT2D eigenvalue weighted by Crippen LogP contribution is -2.44. The molecule has 0 N–H and O–H groups in total. The van der Waals surface area contributed by atoms with Gasteiger partial charge < -0.3 is 14.2 Å². The smallest absolute Gasteiger partial charge is 0.464 e. The molecule has 1 saturated heterocycles. The van der Waals surface area contributed by atoms with Crippen LogP contribution in [-0.2, 0) is 19.0 Å². The van der Waals surface area contributed by atoms with Gasteiger partial charge in [-0.3, -0.25) is 14.9 Å².